The van der Waals surface area contributed by atoms with Gasteiger partial charge in [-0.25, -0.2) is 5.48 Å². The van der Waals surface area contributed by atoms with E-state index >= 15 is 0 Å². The van der Waals surface area contributed by atoms with Gasteiger partial charge in [0.15, 0.2) is 0 Å². The van der Waals surface area contributed by atoms with Crippen LogP contribution in [-0.4, -0.2) is 10.9 Å². The molecule has 2 atom stereocenters. The Morgan fingerprint density at radius 1 is 1.53 bits per heavy atom. The van der Waals surface area contributed by atoms with Gasteiger partial charge in [0.05, 0.1) is 5.92 Å². The van der Waals surface area contributed by atoms with Crippen LogP contribution in [0.3, 0.4) is 0 Å². The molecule has 1 N–H and O–H groups in total. The summed E-state index contributed by atoms with van der Waals surface area (Å²) < 4.78 is 0. The van der Waals surface area contributed by atoms with Crippen molar-refractivity contribution in [2.45, 2.75) is 25.9 Å². The summed E-state index contributed by atoms with van der Waals surface area (Å²) in [7, 11) is 0. The van der Waals surface area contributed by atoms with Crippen LogP contribution in [0.1, 0.15) is 31.4 Å². The molecule has 1 aromatic heterocycles. The second kappa shape index (κ2) is 5.59. The first-order valence-corrected chi connectivity index (χ1v) is 5.79. The lowest BCUT2D eigenvalue weighted by molar-refractivity contribution is -0.140. The number of hydroxylamine groups is 1. The number of aromatic nitrogens is 1. The molecule has 4 nitrogen and oxygen atoms in total. The van der Waals surface area contributed by atoms with E-state index in [2.05, 4.69) is 10.5 Å². The third kappa shape index (κ3) is 3.14. The van der Waals surface area contributed by atoms with Crippen LogP contribution >= 0.6 is 0 Å². The van der Waals surface area contributed by atoms with Gasteiger partial charge in [-0.15, -0.1) is 0 Å². The minimum atomic E-state index is -0.174. The Morgan fingerprint density at radius 3 is 2.94 bits per heavy atom. The van der Waals surface area contributed by atoms with Crippen LogP contribution in [0.5, 0.6) is 0 Å². The van der Waals surface area contributed by atoms with Crippen molar-refractivity contribution in [3.05, 3.63) is 42.2 Å². The van der Waals surface area contributed by atoms with Crippen LogP contribution in [0, 0.1) is 5.92 Å². The second-order valence-electron chi connectivity index (χ2n) is 4.12. The molecule has 0 fully saturated rings. The van der Waals surface area contributed by atoms with Crippen LogP contribution in [-0.2, 0) is 9.63 Å². The fraction of sp³-hybridized carbons (Fsp3) is 0.385. The molecule has 1 heterocycles. The highest BCUT2D eigenvalue weighted by Crippen LogP contribution is 2.18. The Balaban J connectivity index is 1.82. The highest BCUT2D eigenvalue weighted by atomic mass is 16.7. The minimum absolute atomic E-state index is 0.0420. The number of carbonyl (C=O) groups is 1. The summed E-state index contributed by atoms with van der Waals surface area (Å²) in [4.78, 5) is 21.0. The molecular weight excluding hydrogens is 216 g/mol. The Bertz CT molecular complexity index is 403. The maximum Gasteiger partial charge on any atom is 0.250 e. The number of nitrogens with zero attached hydrogens (tertiary/aromatic N) is 1. The molecule has 4 heteroatoms. The Morgan fingerprint density at radius 2 is 2.29 bits per heavy atom. The molecule has 0 aliphatic heterocycles. The van der Waals surface area contributed by atoms with Gasteiger partial charge in [-0.05, 0) is 37.5 Å². The Kier molecular flexibility index (Phi) is 3.88. The first kappa shape index (κ1) is 11.8. The van der Waals surface area contributed by atoms with Crippen molar-refractivity contribution >= 4 is 5.91 Å². The van der Waals surface area contributed by atoms with Crippen LogP contribution in [0.2, 0.25) is 0 Å². The molecule has 1 aromatic rings. The molecule has 0 aromatic carbocycles. The van der Waals surface area contributed by atoms with E-state index in [1.54, 1.807) is 12.4 Å². The van der Waals surface area contributed by atoms with E-state index in [0.717, 1.165) is 18.4 Å². The number of amides is 1. The highest BCUT2D eigenvalue weighted by molar-refractivity contribution is 5.79. The highest BCUT2D eigenvalue weighted by Gasteiger charge is 2.19. The molecule has 1 amide bonds. The zero-order valence-corrected chi connectivity index (χ0v) is 9.80. The fourth-order valence-corrected chi connectivity index (χ4v) is 1.78. The molecule has 0 radical (unpaired) electrons. The van der Waals surface area contributed by atoms with Gasteiger partial charge in [-0.1, -0.05) is 12.2 Å². The smallest absolute Gasteiger partial charge is 0.250 e. The first-order chi connectivity index (χ1) is 8.27. The molecule has 1 aliphatic rings. The molecule has 0 bridgehead atoms. The lowest BCUT2D eigenvalue weighted by Gasteiger charge is -2.15. The topological polar surface area (TPSA) is 51.2 Å². The van der Waals surface area contributed by atoms with Gasteiger partial charge in [0, 0.05) is 12.4 Å². The van der Waals surface area contributed by atoms with Gasteiger partial charge >= 0.3 is 0 Å². The number of nitrogens with one attached hydrogen (secondary N) is 1. The van der Waals surface area contributed by atoms with Crippen molar-refractivity contribution in [2.75, 3.05) is 0 Å². The molecule has 17 heavy (non-hydrogen) atoms. The monoisotopic (exact) mass is 232 g/mol. The van der Waals surface area contributed by atoms with Gasteiger partial charge in [0.25, 0.3) is 0 Å². The van der Waals surface area contributed by atoms with Crippen LogP contribution in [0.4, 0.5) is 0 Å². The number of rotatable bonds is 4. The standard InChI is InChI=1S/C13H16N2O2/c1-10(11-6-8-14-9-7-11)17-15-13(16)12-4-2-3-5-12/h2,4,6-10,12H,3,5H2,1H3,(H,15,16)/t10-,12?/m0/s1. The molecule has 1 aliphatic carbocycles. The average Bonchev–Trinajstić information content (AvgIpc) is 2.90. The van der Waals surface area contributed by atoms with E-state index in [-0.39, 0.29) is 17.9 Å². The summed E-state index contributed by atoms with van der Waals surface area (Å²) in [6.45, 7) is 1.89. The van der Waals surface area contributed by atoms with Gasteiger partial charge in [0.2, 0.25) is 5.91 Å². The molecule has 0 saturated heterocycles. The van der Waals surface area contributed by atoms with Crippen LogP contribution in [0.15, 0.2) is 36.7 Å². The fourth-order valence-electron chi connectivity index (χ4n) is 1.78. The van der Waals surface area contributed by atoms with Gasteiger partial charge in [0.1, 0.15) is 6.10 Å². The maximum absolute atomic E-state index is 11.7. The van der Waals surface area contributed by atoms with Crippen molar-refractivity contribution in [1.29, 1.82) is 0 Å². The van der Waals surface area contributed by atoms with E-state index in [0.29, 0.717) is 0 Å². The lowest BCUT2D eigenvalue weighted by Crippen LogP contribution is -2.30. The van der Waals surface area contributed by atoms with Gasteiger partial charge < -0.3 is 0 Å². The van der Waals surface area contributed by atoms with Crippen LogP contribution in [0.25, 0.3) is 0 Å². The zero-order valence-electron chi connectivity index (χ0n) is 9.80. The molecular formula is C13H16N2O2. The SMILES string of the molecule is C[C@H](ONC(=O)C1C=CCC1)c1ccncc1. The van der Waals surface area contributed by atoms with Crippen molar-refractivity contribution in [2.24, 2.45) is 5.92 Å². The molecule has 1 unspecified atom stereocenters. The summed E-state index contributed by atoms with van der Waals surface area (Å²) in [5.74, 6) is -0.112. The predicted octanol–water partition coefficient (Wildman–Crippen LogP) is 2.16. The minimum Gasteiger partial charge on any atom is -0.272 e. The maximum atomic E-state index is 11.7. The average molecular weight is 232 g/mol. The normalized spacial score (nSPS) is 20.2. The third-order valence-corrected chi connectivity index (χ3v) is 2.86. The summed E-state index contributed by atoms with van der Waals surface area (Å²) in [5, 5.41) is 0. The number of carbonyl (C=O) groups excluding carboxylic acids is 1. The number of pyridine rings is 1. The number of hydrogen-bond acceptors (Lipinski definition) is 3. The largest absolute Gasteiger partial charge is 0.272 e. The van der Waals surface area contributed by atoms with E-state index < -0.39 is 0 Å². The summed E-state index contributed by atoms with van der Waals surface area (Å²) in [5.41, 5.74) is 3.50. The van der Waals surface area contributed by atoms with Crippen molar-refractivity contribution < 1.29 is 9.63 Å². The molecule has 0 spiro atoms. The molecule has 0 saturated carbocycles. The third-order valence-electron chi connectivity index (χ3n) is 2.86. The molecule has 90 valence electrons. The van der Waals surface area contributed by atoms with E-state index in [1.165, 1.54) is 0 Å². The van der Waals surface area contributed by atoms with Gasteiger partial charge in [-0.2, -0.15) is 0 Å². The number of allylic oxidation sites excluding steroid dienone is 1. The Hall–Kier alpha value is -1.68. The lowest BCUT2D eigenvalue weighted by atomic mass is 10.1. The summed E-state index contributed by atoms with van der Waals surface area (Å²) in [6, 6.07) is 3.73. The predicted molar refractivity (Wildman–Crippen MR) is 63.7 cm³/mol. The Labute approximate surface area is 101 Å². The van der Waals surface area contributed by atoms with E-state index in [4.69, 9.17) is 4.84 Å². The second-order valence-corrected chi connectivity index (χ2v) is 4.12. The van der Waals surface area contributed by atoms with E-state index in [1.807, 2.05) is 31.2 Å². The summed E-state index contributed by atoms with van der Waals surface area (Å²) in [6.07, 6.45) is 9.03. The zero-order chi connectivity index (χ0) is 12.1. The first-order valence-electron chi connectivity index (χ1n) is 5.79. The quantitative estimate of drug-likeness (QED) is 0.639. The molecule has 2 rings (SSSR count). The summed E-state index contributed by atoms with van der Waals surface area (Å²) >= 11 is 0. The van der Waals surface area contributed by atoms with Gasteiger partial charge in [-0.3, -0.25) is 14.6 Å². The van der Waals surface area contributed by atoms with Crippen molar-refractivity contribution in [3.63, 3.8) is 0 Å². The van der Waals surface area contributed by atoms with Crippen LogP contribution < -0.4 is 5.48 Å². The van der Waals surface area contributed by atoms with Crippen molar-refractivity contribution in [3.8, 4) is 0 Å². The van der Waals surface area contributed by atoms with E-state index in [9.17, 15) is 4.79 Å². The number of hydrogen-bond donors (Lipinski definition) is 1. The van der Waals surface area contributed by atoms with Crippen molar-refractivity contribution in [1.82, 2.24) is 10.5 Å².